The van der Waals surface area contributed by atoms with Crippen LogP contribution < -0.4 is 10.9 Å². The third-order valence-corrected chi connectivity index (χ3v) is 4.75. The molecule has 2 amide bonds. The minimum absolute atomic E-state index is 0.418. The average molecular weight is 392 g/mol. The number of carbonyl (C=O) groups excluding carboxylic acids is 2. The van der Waals surface area contributed by atoms with E-state index in [9.17, 15) is 9.59 Å². The Bertz CT molecular complexity index is 767. The molecule has 3 fully saturated rings. The molecule has 3 saturated heterocycles. The van der Waals surface area contributed by atoms with Gasteiger partial charge in [-0.25, -0.2) is 0 Å². The van der Waals surface area contributed by atoms with Crippen molar-refractivity contribution in [2.45, 2.75) is 70.0 Å². The highest BCUT2D eigenvalue weighted by molar-refractivity contribution is 5.95. The monoisotopic (exact) mass is 392 g/mol. The Morgan fingerprint density at radius 2 is 1.43 bits per heavy atom. The van der Waals surface area contributed by atoms with Crippen molar-refractivity contribution in [3.63, 3.8) is 0 Å². The minimum atomic E-state index is -1.04. The number of nitrogens with one attached hydrogen (secondary N) is 2. The van der Waals surface area contributed by atoms with E-state index in [0.717, 1.165) is 0 Å². The molecule has 3 aliphatic heterocycles. The van der Waals surface area contributed by atoms with E-state index in [1.807, 2.05) is 0 Å². The molecule has 0 unspecified atom stereocenters. The van der Waals surface area contributed by atoms with Crippen LogP contribution in [-0.4, -0.2) is 54.1 Å². The second-order valence-electron chi connectivity index (χ2n) is 7.90. The van der Waals surface area contributed by atoms with Gasteiger partial charge < -0.3 is 23.7 Å². The van der Waals surface area contributed by atoms with Crippen LogP contribution in [0, 0.1) is 0 Å². The van der Waals surface area contributed by atoms with Crippen LogP contribution in [0.4, 0.5) is 0 Å². The number of ether oxygens (including phenoxy) is 5. The molecule has 1 aromatic rings. The molecule has 28 heavy (non-hydrogen) atoms. The van der Waals surface area contributed by atoms with E-state index in [1.54, 1.807) is 58.0 Å². The summed E-state index contributed by atoms with van der Waals surface area (Å²) in [5.41, 5.74) is 5.20. The highest BCUT2D eigenvalue weighted by Crippen LogP contribution is 2.44. The predicted molar refractivity (Wildman–Crippen MR) is 94.6 cm³/mol. The Hall–Kier alpha value is -2.04. The van der Waals surface area contributed by atoms with E-state index < -0.39 is 54.1 Å². The Balaban J connectivity index is 1.47. The van der Waals surface area contributed by atoms with Gasteiger partial charge in [0, 0.05) is 5.56 Å². The summed E-state index contributed by atoms with van der Waals surface area (Å²) in [6.45, 7) is 7.04. The number of rotatable bonds is 2. The van der Waals surface area contributed by atoms with E-state index >= 15 is 0 Å². The summed E-state index contributed by atoms with van der Waals surface area (Å²) >= 11 is 0. The van der Waals surface area contributed by atoms with Gasteiger partial charge in [0.15, 0.2) is 24.0 Å². The molecular weight excluding hydrogens is 368 g/mol. The van der Waals surface area contributed by atoms with E-state index in [4.69, 9.17) is 23.7 Å². The topological polar surface area (TPSA) is 104 Å². The standard InChI is InChI=1S/C19H24N2O7/c1-18(2)25-11-12(26-18)14-17(28-19(3,4)27-14)24-13(11)16(23)21-20-15(22)10-8-6-5-7-9-10/h5-9,11-14,17H,1-4H3,(H,20,22)(H,21,23)/t11-,12-,13+,14-,17+/m1/s1. The maximum Gasteiger partial charge on any atom is 0.270 e. The van der Waals surface area contributed by atoms with E-state index in [2.05, 4.69) is 10.9 Å². The maximum atomic E-state index is 12.8. The molecule has 5 atom stereocenters. The van der Waals surface area contributed by atoms with Crippen molar-refractivity contribution < 1.29 is 33.3 Å². The maximum absolute atomic E-state index is 12.8. The summed E-state index contributed by atoms with van der Waals surface area (Å²) in [5, 5.41) is 0. The van der Waals surface area contributed by atoms with Gasteiger partial charge in [-0.05, 0) is 39.8 Å². The summed E-state index contributed by atoms with van der Waals surface area (Å²) in [6.07, 6.45) is -3.60. The molecular formula is C19H24N2O7. The van der Waals surface area contributed by atoms with Gasteiger partial charge in [-0.15, -0.1) is 0 Å². The quantitative estimate of drug-likeness (QED) is 0.719. The molecule has 3 aliphatic rings. The van der Waals surface area contributed by atoms with Crippen molar-refractivity contribution in [3.05, 3.63) is 35.9 Å². The number of hydrogen-bond donors (Lipinski definition) is 2. The molecule has 9 heteroatoms. The molecule has 0 aliphatic carbocycles. The van der Waals surface area contributed by atoms with Crippen molar-refractivity contribution in [3.8, 4) is 0 Å². The fraction of sp³-hybridized carbons (Fsp3) is 0.579. The fourth-order valence-electron chi connectivity index (χ4n) is 3.67. The third kappa shape index (κ3) is 3.63. The molecule has 0 aromatic heterocycles. The molecule has 0 bridgehead atoms. The van der Waals surface area contributed by atoms with Crippen molar-refractivity contribution in [2.75, 3.05) is 0 Å². The Morgan fingerprint density at radius 1 is 0.821 bits per heavy atom. The van der Waals surface area contributed by atoms with Gasteiger partial charge in [-0.1, -0.05) is 18.2 Å². The zero-order valence-electron chi connectivity index (χ0n) is 16.1. The first kappa shape index (κ1) is 19.3. The molecule has 1 aromatic carbocycles. The first-order valence-corrected chi connectivity index (χ1v) is 9.17. The molecule has 0 saturated carbocycles. The molecule has 4 rings (SSSR count). The molecule has 0 spiro atoms. The number of hydrazine groups is 1. The fourth-order valence-corrected chi connectivity index (χ4v) is 3.67. The summed E-state index contributed by atoms with van der Waals surface area (Å²) in [7, 11) is 0. The number of carbonyl (C=O) groups is 2. The van der Waals surface area contributed by atoms with Gasteiger partial charge in [0.25, 0.3) is 11.8 Å². The molecule has 152 valence electrons. The van der Waals surface area contributed by atoms with Gasteiger partial charge >= 0.3 is 0 Å². The van der Waals surface area contributed by atoms with Crippen LogP contribution in [0.15, 0.2) is 30.3 Å². The Labute approximate surface area is 162 Å². The van der Waals surface area contributed by atoms with Gasteiger partial charge in [-0.2, -0.15) is 0 Å². The summed E-state index contributed by atoms with van der Waals surface area (Å²) in [6, 6.07) is 8.54. The smallest absolute Gasteiger partial charge is 0.270 e. The first-order valence-electron chi connectivity index (χ1n) is 9.17. The lowest BCUT2D eigenvalue weighted by molar-refractivity contribution is -0.231. The molecule has 9 nitrogen and oxygen atoms in total. The van der Waals surface area contributed by atoms with Crippen molar-refractivity contribution in [1.29, 1.82) is 0 Å². The number of benzene rings is 1. The predicted octanol–water partition coefficient (Wildman–Crippen LogP) is 0.844. The van der Waals surface area contributed by atoms with Crippen molar-refractivity contribution in [2.24, 2.45) is 0 Å². The second-order valence-corrected chi connectivity index (χ2v) is 7.90. The molecule has 0 radical (unpaired) electrons. The summed E-state index contributed by atoms with van der Waals surface area (Å²) in [5.74, 6) is -2.78. The van der Waals surface area contributed by atoms with Crippen LogP contribution in [0.1, 0.15) is 38.1 Å². The summed E-state index contributed by atoms with van der Waals surface area (Å²) in [4.78, 5) is 24.9. The largest absolute Gasteiger partial charge is 0.342 e. The minimum Gasteiger partial charge on any atom is -0.342 e. The Kier molecular flexibility index (Phi) is 4.67. The van der Waals surface area contributed by atoms with E-state index in [0.29, 0.717) is 5.56 Å². The van der Waals surface area contributed by atoms with Gasteiger partial charge in [0.2, 0.25) is 0 Å². The lowest BCUT2D eigenvalue weighted by atomic mass is 9.98. The van der Waals surface area contributed by atoms with Crippen LogP contribution >= 0.6 is 0 Å². The van der Waals surface area contributed by atoms with Crippen LogP contribution in [0.2, 0.25) is 0 Å². The van der Waals surface area contributed by atoms with E-state index in [-0.39, 0.29) is 0 Å². The van der Waals surface area contributed by atoms with Crippen molar-refractivity contribution in [1.82, 2.24) is 10.9 Å². The van der Waals surface area contributed by atoms with Crippen LogP contribution in [-0.2, 0) is 28.5 Å². The third-order valence-electron chi connectivity index (χ3n) is 4.75. The van der Waals surface area contributed by atoms with Crippen LogP contribution in [0.3, 0.4) is 0 Å². The van der Waals surface area contributed by atoms with Crippen molar-refractivity contribution >= 4 is 11.8 Å². The highest BCUT2D eigenvalue weighted by Gasteiger charge is 2.62. The zero-order chi connectivity index (χ0) is 20.1. The van der Waals surface area contributed by atoms with Crippen LogP contribution in [0.5, 0.6) is 0 Å². The summed E-state index contributed by atoms with van der Waals surface area (Å²) < 4.78 is 29.3. The number of hydrogen-bond acceptors (Lipinski definition) is 7. The zero-order valence-corrected chi connectivity index (χ0v) is 16.1. The number of fused-ring (bicyclic) bond motifs is 3. The Morgan fingerprint density at radius 3 is 2.14 bits per heavy atom. The molecule has 3 heterocycles. The average Bonchev–Trinajstić information content (AvgIpc) is 3.13. The SMILES string of the molecule is CC1(C)O[C@@H]2[C@@H](O1)[C@@H](C(=O)NNC(=O)c1ccccc1)O[C@H]1OC(C)(C)O[C@@H]12. The second kappa shape index (κ2) is 6.78. The van der Waals surface area contributed by atoms with Gasteiger partial charge in [-0.3, -0.25) is 20.4 Å². The first-order chi connectivity index (χ1) is 13.2. The lowest BCUT2D eigenvalue weighted by Crippen LogP contribution is -2.61. The highest BCUT2D eigenvalue weighted by atomic mass is 16.9. The van der Waals surface area contributed by atoms with E-state index in [1.165, 1.54) is 0 Å². The normalized spacial score (nSPS) is 34.9. The molecule has 2 N–H and O–H groups in total. The van der Waals surface area contributed by atoms with Crippen LogP contribution in [0.25, 0.3) is 0 Å². The lowest BCUT2D eigenvalue weighted by Gasteiger charge is -2.36. The van der Waals surface area contributed by atoms with Gasteiger partial charge in [0.05, 0.1) is 0 Å². The number of amides is 2. The van der Waals surface area contributed by atoms with Gasteiger partial charge in [0.1, 0.15) is 18.3 Å².